The molecule has 16 heteroatoms. The van der Waals surface area contributed by atoms with Crippen LogP contribution in [0.15, 0.2) is 154 Å². The van der Waals surface area contributed by atoms with Gasteiger partial charge in [0, 0.05) is 31.4 Å². The number of hydroxylamine groups is 6. The van der Waals surface area contributed by atoms with Gasteiger partial charge in [0.2, 0.25) is 0 Å². The number of rotatable bonds is 6. The quantitative estimate of drug-likeness (QED) is 0.0936. The van der Waals surface area contributed by atoms with E-state index in [-0.39, 0.29) is 33.9 Å². The highest BCUT2D eigenvalue weighted by molar-refractivity contribution is 8.05. The summed E-state index contributed by atoms with van der Waals surface area (Å²) in [6.07, 6.45) is 0. The van der Waals surface area contributed by atoms with Crippen LogP contribution < -0.4 is 0 Å². The number of alkyl halides is 6. The van der Waals surface area contributed by atoms with Gasteiger partial charge in [0.15, 0.2) is 11.1 Å². The molecule has 0 amide bonds. The fourth-order valence-electron chi connectivity index (χ4n) is 11.2. The highest BCUT2D eigenvalue weighted by Gasteiger charge is 2.83. The van der Waals surface area contributed by atoms with Crippen LogP contribution in [0.4, 0.5) is 26.3 Å². The summed E-state index contributed by atoms with van der Waals surface area (Å²) in [6.45, 7) is 13.9. The zero-order valence-electron chi connectivity index (χ0n) is 41.9. The smallest absolute Gasteiger partial charge is 0.380 e. The Balaban J connectivity index is 0.828. The van der Waals surface area contributed by atoms with Crippen molar-refractivity contribution in [2.75, 3.05) is 0 Å². The maximum Gasteiger partial charge on any atom is 0.380 e. The molecule has 0 aromatic heterocycles. The Labute approximate surface area is 438 Å². The molecule has 6 aromatic carbocycles. The second-order valence-corrected chi connectivity index (χ2v) is 24.5. The lowest BCUT2D eigenvalue weighted by molar-refractivity contribution is -0.539. The average molecular weight is 1060 g/mol. The second-order valence-electron chi connectivity index (χ2n) is 22.2. The molecule has 6 aliphatic rings. The van der Waals surface area contributed by atoms with Crippen molar-refractivity contribution in [3.63, 3.8) is 0 Å². The van der Waals surface area contributed by atoms with E-state index in [1.54, 1.807) is 116 Å². The van der Waals surface area contributed by atoms with Crippen molar-refractivity contribution in [3.05, 3.63) is 177 Å². The average Bonchev–Trinajstić information content (AvgIpc) is 4.24. The molecule has 4 aliphatic heterocycles. The van der Waals surface area contributed by atoms with E-state index in [4.69, 9.17) is 0 Å². The third kappa shape index (κ3) is 6.48. The first-order chi connectivity index (χ1) is 35.1. The molecule has 0 saturated heterocycles. The summed E-state index contributed by atoms with van der Waals surface area (Å²) in [6, 6.07) is 39.5. The zero-order chi connectivity index (χ0) is 53.5. The standard InChI is InChI=1S/C59H48F6N4O4S2/c1-53(2)54(3,4)67(71)51(66(53)70)37-21-17-33(18-22-37)31-9-13-35(14-10-31)39-25-27-41-43(29-39)74-49-45(41)47-48(58(62,63)59(64,65)57(47,60)61)46-42-28-26-40(30-44(42)75-50(46)49)36-15-11-32(12-16-36)34-19-23-38(24-20-34)52-68(72)55(5,6)56(7,8)69(52)73/h9-30,49-50H,1-8H3/t49-,50-/m1/s1. The SMILES string of the molecule is CC1(C)N([O])C(c2ccc(-c3ccc(-c4ccc5c(c4)S[C@@H]4C5=C5C(=C6c7ccc(-c8ccc(-c9ccc(C%10=[N+]([O-])C(C)(C)C(C)(C)N%10[O])cc9)cc8)cc7S[C@H]64)C(F)(F)C(F)(F)C5(F)F)cc3)cc2)=[N+]([O-])C1(C)C. The second kappa shape index (κ2) is 15.8. The zero-order valence-corrected chi connectivity index (χ0v) is 43.5. The molecular weight excluding hydrogens is 1010 g/mol. The monoisotopic (exact) mass is 1050 g/mol. The van der Waals surface area contributed by atoms with Crippen LogP contribution in [0.2, 0.25) is 0 Å². The minimum Gasteiger partial charge on any atom is -0.714 e. The van der Waals surface area contributed by atoms with Crippen molar-refractivity contribution in [2.45, 2.75) is 116 Å². The van der Waals surface area contributed by atoms with Crippen LogP contribution in [0.25, 0.3) is 55.7 Å². The Bertz CT molecular complexity index is 3350. The topological polar surface area (TPSA) is 98.4 Å². The molecule has 0 bridgehead atoms. The van der Waals surface area contributed by atoms with Crippen LogP contribution >= 0.6 is 23.5 Å². The van der Waals surface area contributed by atoms with Crippen molar-refractivity contribution in [1.29, 1.82) is 0 Å². The van der Waals surface area contributed by atoms with Crippen molar-refractivity contribution in [2.24, 2.45) is 0 Å². The number of halogens is 6. The molecule has 0 N–H and O–H groups in total. The van der Waals surface area contributed by atoms with Gasteiger partial charge in [-0.25, -0.2) is 0 Å². The van der Waals surface area contributed by atoms with Crippen molar-refractivity contribution >= 4 is 46.3 Å². The van der Waals surface area contributed by atoms with E-state index in [1.807, 2.05) is 72.8 Å². The molecule has 2 atom stereocenters. The van der Waals surface area contributed by atoms with E-state index in [9.17, 15) is 20.8 Å². The predicted octanol–water partition coefficient (Wildman–Crippen LogP) is 14.4. The van der Waals surface area contributed by atoms with E-state index in [1.165, 1.54) is 23.5 Å². The molecule has 0 unspecified atom stereocenters. The van der Waals surface area contributed by atoms with Gasteiger partial charge in [-0.15, -0.1) is 23.5 Å². The lowest BCUT2D eigenvalue weighted by Crippen LogP contribution is -2.53. The molecule has 1 saturated carbocycles. The Morgan fingerprint density at radius 2 is 0.667 bits per heavy atom. The van der Waals surface area contributed by atoms with Gasteiger partial charge >= 0.3 is 29.4 Å². The Morgan fingerprint density at radius 3 is 0.933 bits per heavy atom. The summed E-state index contributed by atoms with van der Waals surface area (Å²) >= 11 is 2.44. The Kier molecular flexibility index (Phi) is 10.4. The summed E-state index contributed by atoms with van der Waals surface area (Å²) < 4.78 is 97.9. The summed E-state index contributed by atoms with van der Waals surface area (Å²) in [4.78, 5) is 1.03. The fourth-order valence-corrected chi connectivity index (χ4v) is 14.3. The van der Waals surface area contributed by atoms with Crippen molar-refractivity contribution in [1.82, 2.24) is 10.1 Å². The summed E-state index contributed by atoms with van der Waals surface area (Å²) in [7, 11) is 0. The van der Waals surface area contributed by atoms with E-state index in [0.29, 0.717) is 32.0 Å². The van der Waals surface area contributed by atoms with Crippen LogP contribution in [-0.4, -0.2) is 81.7 Å². The van der Waals surface area contributed by atoms with E-state index in [2.05, 4.69) is 0 Å². The lowest BCUT2D eigenvalue weighted by Gasteiger charge is -2.32. The molecule has 2 radical (unpaired) electrons. The van der Waals surface area contributed by atoms with Gasteiger partial charge in [-0.1, -0.05) is 107 Å². The molecular formula is C59H48F6N4O4S2. The van der Waals surface area contributed by atoms with Gasteiger partial charge in [-0.05, 0) is 159 Å². The molecule has 8 nitrogen and oxygen atoms in total. The Hall–Kier alpha value is -6.46. The molecule has 12 rings (SSSR count). The predicted molar refractivity (Wildman–Crippen MR) is 279 cm³/mol. The normalized spacial score (nSPS) is 23.7. The number of hydrogen-bond donors (Lipinski definition) is 0. The van der Waals surface area contributed by atoms with Crippen LogP contribution in [0.5, 0.6) is 0 Å². The first kappa shape index (κ1) is 49.4. The molecule has 0 spiro atoms. The number of nitrogens with zero attached hydrogens (tertiary/aromatic N) is 4. The largest absolute Gasteiger partial charge is 0.714 e. The van der Waals surface area contributed by atoms with Gasteiger partial charge in [0.05, 0.1) is 21.6 Å². The summed E-state index contributed by atoms with van der Waals surface area (Å²) in [5, 5.41) is 52.7. The maximum atomic E-state index is 16.3. The Morgan fingerprint density at radius 1 is 0.413 bits per heavy atom. The molecule has 4 heterocycles. The van der Waals surface area contributed by atoms with Crippen LogP contribution in [0.3, 0.4) is 0 Å². The van der Waals surface area contributed by atoms with E-state index in [0.717, 1.165) is 53.0 Å². The first-order valence-corrected chi connectivity index (χ1v) is 26.2. The highest BCUT2D eigenvalue weighted by Crippen LogP contribution is 2.72. The maximum absolute atomic E-state index is 16.3. The third-order valence-electron chi connectivity index (χ3n) is 17.3. The number of allylic oxidation sites excluding steroid dienone is 2. The molecule has 75 heavy (non-hydrogen) atoms. The minimum absolute atomic E-state index is 0.0395. The van der Waals surface area contributed by atoms with E-state index >= 15 is 26.3 Å². The number of amidine groups is 2. The van der Waals surface area contributed by atoms with Gasteiger partial charge in [-0.2, -0.15) is 26.3 Å². The van der Waals surface area contributed by atoms with Gasteiger partial charge in [0.1, 0.15) is 11.1 Å². The summed E-state index contributed by atoms with van der Waals surface area (Å²) in [5.41, 5.74) is 0.928. The fraction of sp³-hybridized carbons (Fsp3) is 0.288. The molecule has 382 valence electrons. The number of fused-ring (bicyclic) bond motifs is 8. The molecule has 6 aromatic rings. The highest BCUT2D eigenvalue weighted by atomic mass is 32.2. The van der Waals surface area contributed by atoms with Crippen molar-refractivity contribution in [3.8, 4) is 44.5 Å². The number of hydrogen-bond acceptors (Lipinski definition) is 6. The summed E-state index contributed by atoms with van der Waals surface area (Å²) in [5.74, 6) is -15.9. The number of benzene rings is 6. The van der Waals surface area contributed by atoms with Crippen LogP contribution in [-0.2, 0) is 10.4 Å². The lowest BCUT2D eigenvalue weighted by atomic mass is 9.79. The van der Waals surface area contributed by atoms with Crippen molar-refractivity contribution < 1.29 is 46.2 Å². The van der Waals surface area contributed by atoms with Gasteiger partial charge in [0.25, 0.3) is 0 Å². The van der Waals surface area contributed by atoms with E-state index < -0.39 is 61.6 Å². The third-order valence-corrected chi connectivity index (χ3v) is 20.2. The van der Waals surface area contributed by atoms with Gasteiger partial charge in [-0.3, -0.25) is 9.48 Å². The number of thioether (sulfide) groups is 2. The van der Waals surface area contributed by atoms with Crippen LogP contribution in [0.1, 0.15) is 77.6 Å². The first-order valence-electron chi connectivity index (χ1n) is 24.5. The molecule has 1 fully saturated rings. The minimum atomic E-state index is -5.68. The molecule has 2 aliphatic carbocycles. The van der Waals surface area contributed by atoms with Crippen LogP contribution in [0, 0.1) is 10.4 Å². The van der Waals surface area contributed by atoms with Gasteiger partial charge < -0.3 is 10.4 Å².